The Morgan fingerprint density at radius 3 is 2.03 bits per heavy atom. The molecule has 1 atom stereocenters. The number of fused-ring (bicyclic) bond motifs is 1. The van der Waals surface area contributed by atoms with Crippen molar-refractivity contribution in [1.82, 2.24) is 5.32 Å². The summed E-state index contributed by atoms with van der Waals surface area (Å²) >= 11 is 0. The molecular weight excluding hydrogens is 434 g/mol. The van der Waals surface area contributed by atoms with Gasteiger partial charge in [-0.2, -0.15) is 0 Å². The van der Waals surface area contributed by atoms with E-state index in [1.165, 1.54) is 11.1 Å². The van der Waals surface area contributed by atoms with Crippen molar-refractivity contribution in [3.63, 3.8) is 0 Å². The molecule has 4 nitrogen and oxygen atoms in total. The average Bonchev–Trinajstić information content (AvgIpc) is 2.82. The maximum absolute atomic E-state index is 13.7. The van der Waals surface area contributed by atoms with Crippen molar-refractivity contribution in [3.8, 4) is 0 Å². The molecule has 35 heavy (non-hydrogen) atoms. The van der Waals surface area contributed by atoms with E-state index in [1.54, 1.807) is 24.3 Å². The molecule has 0 bridgehead atoms. The van der Waals surface area contributed by atoms with Gasteiger partial charge in [0.2, 0.25) is 5.91 Å². The van der Waals surface area contributed by atoms with Crippen LogP contribution in [0.1, 0.15) is 90.2 Å². The predicted molar refractivity (Wildman–Crippen MR) is 140 cm³/mol. The van der Waals surface area contributed by atoms with Crippen LogP contribution in [0.15, 0.2) is 66.7 Å². The molecule has 4 heteroatoms. The zero-order chi connectivity index (χ0) is 25.4. The number of benzene rings is 3. The summed E-state index contributed by atoms with van der Waals surface area (Å²) in [5, 5.41) is 12.2. The van der Waals surface area contributed by atoms with E-state index in [9.17, 15) is 9.59 Å². The quantitative estimate of drug-likeness (QED) is 0.434. The predicted octanol–water partition coefficient (Wildman–Crippen LogP) is 6.49. The van der Waals surface area contributed by atoms with Gasteiger partial charge in [-0.05, 0) is 76.1 Å². The van der Waals surface area contributed by atoms with Gasteiger partial charge < -0.3 is 10.4 Å². The summed E-state index contributed by atoms with van der Waals surface area (Å²) in [5.41, 5.74) is 7.12. The Bertz CT molecular complexity index is 1240. The van der Waals surface area contributed by atoms with E-state index in [-0.39, 0.29) is 22.3 Å². The first kappa shape index (κ1) is 24.7. The molecule has 182 valence electrons. The summed E-state index contributed by atoms with van der Waals surface area (Å²) in [6.45, 7) is 11.7. The average molecular weight is 470 g/mol. The van der Waals surface area contributed by atoms with Crippen LogP contribution in [0.25, 0.3) is 0 Å². The molecule has 0 aliphatic heterocycles. The maximum atomic E-state index is 13.7. The molecule has 1 amide bonds. The Morgan fingerprint density at radius 2 is 1.46 bits per heavy atom. The highest BCUT2D eigenvalue weighted by Crippen LogP contribution is 2.47. The van der Waals surface area contributed by atoms with Gasteiger partial charge in [0, 0.05) is 6.54 Å². The fourth-order valence-electron chi connectivity index (χ4n) is 5.22. The number of aryl methyl sites for hydroxylation is 1. The third-order valence-electron chi connectivity index (χ3n) is 7.61. The largest absolute Gasteiger partial charge is 0.478 e. The standard InChI is InChI=1S/C31H35NO3/c1-20-17-25-26(31(4,5)16-15-30(25,2)3)18-24(20)27(22-9-7-6-8-10-22)28(33)32-19-21-11-13-23(14-12-21)29(34)35/h6-14,17-18,27H,15-16,19H2,1-5H3,(H,32,33)(H,34,35). The first-order chi connectivity index (χ1) is 16.5. The van der Waals surface area contributed by atoms with Gasteiger partial charge in [0.1, 0.15) is 0 Å². The lowest BCUT2D eigenvalue weighted by Gasteiger charge is -2.42. The first-order valence-corrected chi connectivity index (χ1v) is 12.3. The van der Waals surface area contributed by atoms with Crippen LogP contribution in [0.5, 0.6) is 0 Å². The van der Waals surface area contributed by atoms with Crippen molar-refractivity contribution >= 4 is 11.9 Å². The molecule has 0 saturated heterocycles. The van der Waals surface area contributed by atoms with Crippen molar-refractivity contribution in [3.05, 3.63) is 106 Å². The summed E-state index contributed by atoms with van der Waals surface area (Å²) in [6, 6.07) is 21.2. The molecule has 0 saturated carbocycles. The van der Waals surface area contributed by atoms with Gasteiger partial charge in [0.25, 0.3) is 0 Å². The molecule has 0 aromatic heterocycles. The lowest BCUT2D eigenvalue weighted by atomic mass is 9.62. The molecule has 1 aliphatic rings. The van der Waals surface area contributed by atoms with Crippen LogP contribution in [0.4, 0.5) is 0 Å². The van der Waals surface area contributed by atoms with Crippen molar-refractivity contribution < 1.29 is 14.7 Å². The van der Waals surface area contributed by atoms with Crippen LogP contribution in [0.3, 0.4) is 0 Å². The topological polar surface area (TPSA) is 66.4 Å². The van der Waals surface area contributed by atoms with Crippen molar-refractivity contribution in [2.24, 2.45) is 0 Å². The Labute approximate surface area is 208 Å². The lowest BCUT2D eigenvalue weighted by molar-refractivity contribution is -0.121. The van der Waals surface area contributed by atoms with E-state index < -0.39 is 11.9 Å². The molecule has 0 spiro atoms. The molecule has 2 N–H and O–H groups in total. The number of carbonyl (C=O) groups excluding carboxylic acids is 1. The van der Waals surface area contributed by atoms with E-state index in [0.29, 0.717) is 6.54 Å². The monoisotopic (exact) mass is 469 g/mol. The van der Waals surface area contributed by atoms with E-state index in [1.807, 2.05) is 30.3 Å². The van der Waals surface area contributed by atoms with Crippen LogP contribution in [-0.2, 0) is 22.2 Å². The second-order valence-electron chi connectivity index (χ2n) is 11.1. The Kier molecular flexibility index (Phi) is 6.59. The summed E-state index contributed by atoms with van der Waals surface area (Å²) in [4.78, 5) is 24.8. The van der Waals surface area contributed by atoms with Gasteiger partial charge in [-0.1, -0.05) is 82.3 Å². The molecule has 1 unspecified atom stereocenters. The number of carbonyl (C=O) groups is 2. The van der Waals surface area contributed by atoms with Crippen molar-refractivity contribution in [2.45, 2.75) is 70.8 Å². The second kappa shape index (κ2) is 9.33. The Morgan fingerprint density at radius 1 is 0.886 bits per heavy atom. The molecule has 4 rings (SSSR count). The number of rotatable bonds is 6. The summed E-state index contributed by atoms with van der Waals surface area (Å²) < 4.78 is 0. The third kappa shape index (κ3) is 5.02. The van der Waals surface area contributed by atoms with Gasteiger partial charge in [-0.3, -0.25) is 4.79 Å². The van der Waals surface area contributed by atoms with Gasteiger partial charge in [-0.25, -0.2) is 4.79 Å². The van der Waals surface area contributed by atoms with Gasteiger partial charge in [0.05, 0.1) is 11.5 Å². The highest BCUT2D eigenvalue weighted by molar-refractivity contribution is 5.88. The highest BCUT2D eigenvalue weighted by Gasteiger charge is 2.38. The number of carboxylic acid groups (broad SMARTS) is 1. The van der Waals surface area contributed by atoms with E-state index in [4.69, 9.17) is 5.11 Å². The minimum atomic E-state index is -0.960. The highest BCUT2D eigenvalue weighted by atomic mass is 16.4. The van der Waals surface area contributed by atoms with E-state index in [0.717, 1.165) is 35.1 Å². The maximum Gasteiger partial charge on any atom is 0.335 e. The molecule has 3 aromatic carbocycles. The Balaban J connectivity index is 1.71. The summed E-state index contributed by atoms with van der Waals surface area (Å²) in [5.74, 6) is -1.45. The van der Waals surface area contributed by atoms with Crippen LogP contribution in [0, 0.1) is 6.92 Å². The smallest absolute Gasteiger partial charge is 0.335 e. The van der Waals surface area contributed by atoms with Crippen LogP contribution in [0.2, 0.25) is 0 Å². The van der Waals surface area contributed by atoms with Gasteiger partial charge in [-0.15, -0.1) is 0 Å². The normalized spacial score (nSPS) is 16.7. The second-order valence-corrected chi connectivity index (χ2v) is 11.1. The van der Waals surface area contributed by atoms with Crippen LogP contribution < -0.4 is 5.32 Å². The molecule has 0 radical (unpaired) electrons. The van der Waals surface area contributed by atoms with E-state index >= 15 is 0 Å². The summed E-state index contributed by atoms with van der Waals surface area (Å²) in [6.07, 6.45) is 2.26. The number of amides is 1. The number of nitrogens with one attached hydrogen (secondary N) is 1. The number of carboxylic acids is 1. The molecule has 3 aromatic rings. The SMILES string of the molecule is Cc1cc2c(cc1C(C(=O)NCc1ccc(C(=O)O)cc1)c1ccccc1)C(C)(C)CCC2(C)C. The fourth-order valence-corrected chi connectivity index (χ4v) is 5.22. The van der Waals surface area contributed by atoms with E-state index in [2.05, 4.69) is 52.1 Å². The Hall–Kier alpha value is -3.40. The first-order valence-electron chi connectivity index (χ1n) is 12.3. The minimum absolute atomic E-state index is 0.0525. The van der Waals surface area contributed by atoms with Gasteiger partial charge >= 0.3 is 5.97 Å². The van der Waals surface area contributed by atoms with Crippen molar-refractivity contribution in [2.75, 3.05) is 0 Å². The fraction of sp³-hybridized carbons (Fsp3) is 0.355. The number of hydrogen-bond acceptors (Lipinski definition) is 2. The molecule has 1 aliphatic carbocycles. The number of aromatic carboxylic acids is 1. The molecule has 0 fully saturated rings. The number of hydrogen-bond donors (Lipinski definition) is 2. The minimum Gasteiger partial charge on any atom is -0.478 e. The third-order valence-corrected chi connectivity index (χ3v) is 7.61. The zero-order valence-electron chi connectivity index (χ0n) is 21.3. The molecular formula is C31H35NO3. The van der Waals surface area contributed by atoms with Crippen molar-refractivity contribution in [1.29, 1.82) is 0 Å². The molecule has 0 heterocycles. The van der Waals surface area contributed by atoms with Crippen LogP contribution >= 0.6 is 0 Å². The zero-order valence-corrected chi connectivity index (χ0v) is 21.3. The van der Waals surface area contributed by atoms with Gasteiger partial charge in [0.15, 0.2) is 0 Å². The lowest BCUT2D eigenvalue weighted by Crippen LogP contribution is -2.35. The van der Waals surface area contributed by atoms with Crippen LogP contribution in [-0.4, -0.2) is 17.0 Å². The summed E-state index contributed by atoms with van der Waals surface area (Å²) in [7, 11) is 0.